The highest BCUT2D eigenvalue weighted by Crippen LogP contribution is 2.14. The lowest BCUT2D eigenvalue weighted by molar-refractivity contribution is 0.322. The van der Waals surface area contributed by atoms with Gasteiger partial charge in [-0.15, -0.1) is 24.0 Å². The fourth-order valence-electron chi connectivity index (χ4n) is 1.91. The zero-order valence-corrected chi connectivity index (χ0v) is 16.1. The highest BCUT2D eigenvalue weighted by atomic mass is 127. The van der Waals surface area contributed by atoms with Crippen LogP contribution in [0.25, 0.3) is 0 Å². The first-order valence-electron chi connectivity index (χ1n) is 7.21. The number of hydrogen-bond donors (Lipinski definition) is 2. The van der Waals surface area contributed by atoms with Crippen LogP contribution < -0.4 is 15.4 Å². The molecule has 0 bridgehead atoms. The summed E-state index contributed by atoms with van der Waals surface area (Å²) in [7, 11) is 1.76. The molecule has 0 fully saturated rings. The normalized spacial score (nSPS) is 10.8. The fraction of sp³-hybridized carbons (Fsp3) is 0.312. The standard InChI is InChI=1S/C16H21ClN4O.HI/c1-18-16(19-8-12-21-10-2-3-11-21)20-9-13-22-15-6-4-14(17)5-7-15;/h2-7,10-11H,8-9,12-13H2,1H3,(H2,18,19,20);1H. The van der Waals surface area contributed by atoms with E-state index >= 15 is 0 Å². The first-order valence-corrected chi connectivity index (χ1v) is 7.59. The molecule has 0 radical (unpaired) electrons. The van der Waals surface area contributed by atoms with Crippen molar-refractivity contribution in [3.05, 3.63) is 53.8 Å². The number of benzene rings is 1. The molecule has 0 unspecified atom stereocenters. The molecule has 0 saturated carbocycles. The van der Waals surface area contributed by atoms with Gasteiger partial charge in [-0.2, -0.15) is 0 Å². The van der Waals surface area contributed by atoms with Crippen LogP contribution in [0.2, 0.25) is 5.02 Å². The summed E-state index contributed by atoms with van der Waals surface area (Å²) in [5, 5.41) is 7.17. The van der Waals surface area contributed by atoms with Crippen molar-refractivity contribution in [2.45, 2.75) is 6.54 Å². The average molecular weight is 449 g/mol. The Labute approximate surface area is 159 Å². The first-order chi connectivity index (χ1) is 10.8. The van der Waals surface area contributed by atoms with E-state index in [4.69, 9.17) is 16.3 Å². The zero-order chi connectivity index (χ0) is 15.6. The molecule has 2 aromatic rings. The van der Waals surface area contributed by atoms with Crippen molar-refractivity contribution in [3.8, 4) is 5.75 Å². The molecular formula is C16H22ClIN4O. The number of halogens is 2. The molecule has 7 heteroatoms. The molecule has 0 aliphatic rings. The van der Waals surface area contributed by atoms with Gasteiger partial charge in [0.05, 0.1) is 6.54 Å². The Balaban J connectivity index is 0.00000264. The van der Waals surface area contributed by atoms with Crippen molar-refractivity contribution in [2.24, 2.45) is 4.99 Å². The molecule has 0 aliphatic heterocycles. The van der Waals surface area contributed by atoms with E-state index in [9.17, 15) is 0 Å². The second-order valence-electron chi connectivity index (χ2n) is 4.65. The minimum atomic E-state index is 0. The van der Waals surface area contributed by atoms with E-state index < -0.39 is 0 Å². The first kappa shape index (κ1) is 19.6. The van der Waals surface area contributed by atoms with Gasteiger partial charge in [-0.25, -0.2) is 0 Å². The van der Waals surface area contributed by atoms with Crippen LogP contribution in [0.15, 0.2) is 53.8 Å². The van der Waals surface area contributed by atoms with Gasteiger partial charge in [0.25, 0.3) is 0 Å². The van der Waals surface area contributed by atoms with Crippen LogP contribution in [0, 0.1) is 0 Å². The molecule has 2 rings (SSSR count). The second-order valence-corrected chi connectivity index (χ2v) is 5.09. The van der Waals surface area contributed by atoms with E-state index in [1.54, 1.807) is 7.05 Å². The minimum Gasteiger partial charge on any atom is -0.492 e. The number of hydrogen-bond acceptors (Lipinski definition) is 2. The molecule has 23 heavy (non-hydrogen) atoms. The maximum absolute atomic E-state index is 5.83. The third-order valence-corrected chi connectivity index (χ3v) is 3.28. The van der Waals surface area contributed by atoms with E-state index in [1.807, 2.05) is 48.8 Å². The van der Waals surface area contributed by atoms with Crippen LogP contribution in [0.1, 0.15) is 0 Å². The monoisotopic (exact) mass is 448 g/mol. The number of aromatic nitrogens is 1. The van der Waals surface area contributed by atoms with Gasteiger partial charge in [-0.1, -0.05) is 11.6 Å². The van der Waals surface area contributed by atoms with E-state index in [1.165, 1.54) is 0 Å². The summed E-state index contributed by atoms with van der Waals surface area (Å²) in [4.78, 5) is 4.18. The molecule has 5 nitrogen and oxygen atoms in total. The van der Waals surface area contributed by atoms with Gasteiger partial charge in [0, 0.05) is 37.6 Å². The molecular weight excluding hydrogens is 427 g/mol. The predicted molar refractivity (Wildman–Crippen MR) is 106 cm³/mol. The lowest BCUT2D eigenvalue weighted by atomic mass is 10.3. The number of rotatable bonds is 7. The summed E-state index contributed by atoms with van der Waals surface area (Å²) in [5.41, 5.74) is 0. The maximum atomic E-state index is 5.83. The molecule has 1 aromatic heterocycles. The zero-order valence-electron chi connectivity index (χ0n) is 13.0. The van der Waals surface area contributed by atoms with Crippen LogP contribution >= 0.6 is 35.6 Å². The average Bonchev–Trinajstić information content (AvgIpc) is 3.04. The lowest BCUT2D eigenvalue weighted by Gasteiger charge is -2.13. The van der Waals surface area contributed by atoms with Crippen molar-refractivity contribution in [3.63, 3.8) is 0 Å². The van der Waals surface area contributed by atoms with Crippen LogP contribution in [0.5, 0.6) is 5.75 Å². The lowest BCUT2D eigenvalue weighted by Crippen LogP contribution is -2.40. The maximum Gasteiger partial charge on any atom is 0.191 e. The summed E-state index contributed by atoms with van der Waals surface area (Å²) < 4.78 is 7.73. The third-order valence-electron chi connectivity index (χ3n) is 3.03. The van der Waals surface area contributed by atoms with E-state index in [-0.39, 0.29) is 24.0 Å². The van der Waals surface area contributed by atoms with Gasteiger partial charge in [0.1, 0.15) is 12.4 Å². The van der Waals surface area contributed by atoms with Crippen LogP contribution in [-0.4, -0.2) is 37.3 Å². The smallest absolute Gasteiger partial charge is 0.191 e. The quantitative estimate of drug-likeness (QED) is 0.296. The van der Waals surface area contributed by atoms with Gasteiger partial charge < -0.3 is 19.9 Å². The summed E-state index contributed by atoms with van der Waals surface area (Å²) >= 11 is 5.83. The summed E-state index contributed by atoms with van der Waals surface area (Å²) in [6.45, 7) is 2.94. The molecule has 2 N–H and O–H groups in total. The van der Waals surface area contributed by atoms with Gasteiger partial charge in [-0.3, -0.25) is 4.99 Å². The van der Waals surface area contributed by atoms with Gasteiger partial charge >= 0.3 is 0 Å². The topological polar surface area (TPSA) is 50.6 Å². The number of ether oxygens (including phenoxy) is 1. The molecule has 0 saturated heterocycles. The number of nitrogens with zero attached hydrogens (tertiary/aromatic N) is 2. The Morgan fingerprint density at radius 1 is 1.13 bits per heavy atom. The summed E-state index contributed by atoms with van der Waals surface area (Å²) in [5.74, 6) is 1.58. The van der Waals surface area contributed by atoms with Crippen molar-refractivity contribution in [1.82, 2.24) is 15.2 Å². The molecule has 126 valence electrons. The molecule has 0 spiro atoms. The van der Waals surface area contributed by atoms with Gasteiger partial charge in [-0.05, 0) is 36.4 Å². The Kier molecular flexibility index (Phi) is 9.54. The third kappa shape index (κ3) is 7.60. The van der Waals surface area contributed by atoms with Gasteiger partial charge in [0.15, 0.2) is 5.96 Å². The van der Waals surface area contributed by atoms with Crippen molar-refractivity contribution >= 4 is 41.5 Å². The Hall–Kier alpha value is -1.41. The van der Waals surface area contributed by atoms with E-state index in [2.05, 4.69) is 20.2 Å². The Morgan fingerprint density at radius 2 is 1.78 bits per heavy atom. The number of nitrogens with one attached hydrogen (secondary N) is 2. The highest BCUT2D eigenvalue weighted by molar-refractivity contribution is 14.0. The van der Waals surface area contributed by atoms with Crippen molar-refractivity contribution in [1.29, 1.82) is 0 Å². The molecule has 0 aliphatic carbocycles. The van der Waals surface area contributed by atoms with Crippen LogP contribution in [0.4, 0.5) is 0 Å². The molecule has 1 aromatic carbocycles. The van der Waals surface area contributed by atoms with E-state index in [0.717, 1.165) is 24.8 Å². The Bertz CT molecular complexity index is 572. The van der Waals surface area contributed by atoms with Gasteiger partial charge in [0.2, 0.25) is 0 Å². The predicted octanol–water partition coefficient (Wildman–Crippen LogP) is 3.00. The van der Waals surface area contributed by atoms with Crippen molar-refractivity contribution < 1.29 is 4.74 Å². The fourth-order valence-corrected chi connectivity index (χ4v) is 2.04. The SMILES string of the molecule is CN=C(NCCOc1ccc(Cl)cc1)NCCn1cccc1.I. The Morgan fingerprint density at radius 3 is 2.43 bits per heavy atom. The molecule has 0 amide bonds. The summed E-state index contributed by atoms with van der Waals surface area (Å²) in [6.07, 6.45) is 4.08. The largest absolute Gasteiger partial charge is 0.492 e. The van der Waals surface area contributed by atoms with E-state index in [0.29, 0.717) is 18.2 Å². The second kappa shape index (κ2) is 11.2. The minimum absolute atomic E-state index is 0. The molecule has 0 atom stereocenters. The molecule has 1 heterocycles. The highest BCUT2D eigenvalue weighted by Gasteiger charge is 1.98. The number of guanidine groups is 1. The van der Waals surface area contributed by atoms with Crippen LogP contribution in [0.3, 0.4) is 0 Å². The summed E-state index contributed by atoms with van der Waals surface area (Å²) in [6, 6.07) is 11.4. The number of aliphatic imine (C=N–C) groups is 1. The van der Waals surface area contributed by atoms with Crippen LogP contribution in [-0.2, 0) is 6.54 Å². The van der Waals surface area contributed by atoms with Crippen molar-refractivity contribution in [2.75, 3.05) is 26.7 Å².